The van der Waals surface area contributed by atoms with Crippen molar-refractivity contribution in [2.24, 2.45) is 0 Å². The van der Waals surface area contributed by atoms with E-state index in [-0.39, 0.29) is 18.5 Å². The summed E-state index contributed by atoms with van der Waals surface area (Å²) in [7, 11) is 0. The molecular formula is C64H123NO5. The molecule has 0 spiro atoms. The van der Waals surface area contributed by atoms with E-state index in [1.807, 2.05) is 0 Å². The fourth-order valence-corrected chi connectivity index (χ4v) is 9.91. The Morgan fingerprint density at radius 3 is 1.10 bits per heavy atom. The van der Waals surface area contributed by atoms with E-state index in [4.69, 9.17) is 4.74 Å². The van der Waals surface area contributed by atoms with Crippen LogP contribution in [0, 0.1) is 0 Å². The van der Waals surface area contributed by atoms with E-state index in [9.17, 15) is 19.8 Å². The molecule has 0 aromatic rings. The summed E-state index contributed by atoms with van der Waals surface area (Å²) >= 11 is 0. The van der Waals surface area contributed by atoms with Gasteiger partial charge in [0.2, 0.25) is 5.91 Å². The molecule has 0 saturated heterocycles. The SMILES string of the molecule is CCCCCC/C=C\C/C=C\CCCCCCCCCC(=O)OCCCCCCCCCCCCCCCCCC(=O)NC(CO)C(O)CCCCCCCCCCCCCCCCCCCCCC. The van der Waals surface area contributed by atoms with Crippen molar-refractivity contribution in [1.82, 2.24) is 5.32 Å². The normalized spacial score (nSPS) is 12.7. The predicted octanol–water partition coefficient (Wildman–Crippen LogP) is 19.8. The summed E-state index contributed by atoms with van der Waals surface area (Å²) in [6.45, 7) is 4.94. The molecule has 0 aliphatic carbocycles. The summed E-state index contributed by atoms with van der Waals surface area (Å²) in [6.07, 6.45) is 73.2. The van der Waals surface area contributed by atoms with Gasteiger partial charge in [-0.25, -0.2) is 0 Å². The van der Waals surface area contributed by atoms with Gasteiger partial charge in [-0.3, -0.25) is 9.59 Å². The van der Waals surface area contributed by atoms with Gasteiger partial charge in [-0.2, -0.15) is 0 Å². The molecular weight excluding hydrogens is 863 g/mol. The molecule has 0 aliphatic heterocycles. The van der Waals surface area contributed by atoms with Crippen molar-refractivity contribution in [1.29, 1.82) is 0 Å². The van der Waals surface area contributed by atoms with Crippen LogP contribution in [0.4, 0.5) is 0 Å². The number of rotatable bonds is 59. The van der Waals surface area contributed by atoms with E-state index in [1.54, 1.807) is 0 Å². The largest absolute Gasteiger partial charge is 0.466 e. The van der Waals surface area contributed by atoms with Crippen LogP contribution in [0.15, 0.2) is 24.3 Å². The minimum atomic E-state index is -0.671. The Bertz CT molecular complexity index is 1090. The first-order valence-corrected chi connectivity index (χ1v) is 31.6. The van der Waals surface area contributed by atoms with Crippen LogP contribution in [0.2, 0.25) is 0 Å². The fraction of sp³-hybridized carbons (Fsp3) is 0.906. The van der Waals surface area contributed by atoms with Crippen LogP contribution in [0.3, 0.4) is 0 Å². The lowest BCUT2D eigenvalue weighted by Gasteiger charge is -2.22. The third kappa shape index (κ3) is 55.7. The Balaban J connectivity index is 3.42. The number of hydrogen-bond donors (Lipinski definition) is 3. The van der Waals surface area contributed by atoms with Crippen LogP contribution in [0.1, 0.15) is 348 Å². The number of aliphatic hydroxyl groups excluding tert-OH is 2. The first-order valence-electron chi connectivity index (χ1n) is 31.6. The number of hydrogen-bond acceptors (Lipinski definition) is 5. The van der Waals surface area contributed by atoms with Gasteiger partial charge in [0.25, 0.3) is 0 Å². The Kier molecular flexibility index (Phi) is 58.5. The van der Waals surface area contributed by atoms with E-state index >= 15 is 0 Å². The van der Waals surface area contributed by atoms with Crippen LogP contribution < -0.4 is 5.32 Å². The Hall–Kier alpha value is -1.66. The maximum absolute atomic E-state index is 12.5. The quantitative estimate of drug-likeness (QED) is 0.0321. The number of amides is 1. The summed E-state index contributed by atoms with van der Waals surface area (Å²) < 4.78 is 5.49. The maximum atomic E-state index is 12.5. The molecule has 6 heteroatoms. The standard InChI is InChI=1S/C64H123NO5/c1-3-5-7-9-11-13-15-17-19-21-23-24-25-28-32-36-40-44-48-52-56-62(67)61(60-66)65-63(68)57-53-49-45-41-37-33-29-27-31-35-39-43-47-51-55-59-70-64(69)58-54-50-46-42-38-34-30-26-22-20-18-16-14-12-10-8-6-4-2/h14,16,20,22,61-62,66-67H,3-13,15,17-19,21,23-60H2,1-2H3,(H,65,68)/b16-14-,22-20-. The fourth-order valence-electron chi connectivity index (χ4n) is 9.91. The molecule has 6 nitrogen and oxygen atoms in total. The van der Waals surface area contributed by atoms with Gasteiger partial charge in [0, 0.05) is 12.8 Å². The summed E-state index contributed by atoms with van der Waals surface area (Å²) in [6, 6.07) is -0.549. The van der Waals surface area contributed by atoms with E-state index in [0.717, 1.165) is 57.8 Å². The third-order valence-corrected chi connectivity index (χ3v) is 14.8. The number of esters is 1. The topological polar surface area (TPSA) is 95.9 Å². The third-order valence-electron chi connectivity index (χ3n) is 14.8. The lowest BCUT2D eigenvalue weighted by Crippen LogP contribution is -2.45. The Labute approximate surface area is 437 Å². The van der Waals surface area contributed by atoms with Crippen LogP contribution in [0.25, 0.3) is 0 Å². The van der Waals surface area contributed by atoms with E-state index in [1.165, 1.54) is 257 Å². The highest BCUT2D eigenvalue weighted by atomic mass is 16.5. The van der Waals surface area contributed by atoms with Crippen LogP contribution in [0.5, 0.6) is 0 Å². The van der Waals surface area contributed by atoms with Crippen molar-refractivity contribution in [3.8, 4) is 0 Å². The van der Waals surface area contributed by atoms with Crippen molar-refractivity contribution in [2.45, 2.75) is 360 Å². The molecule has 414 valence electrons. The second kappa shape index (κ2) is 59.9. The van der Waals surface area contributed by atoms with Gasteiger partial charge in [-0.05, 0) is 57.8 Å². The number of aliphatic hydroxyl groups is 2. The monoisotopic (exact) mass is 986 g/mol. The molecule has 0 aromatic heterocycles. The van der Waals surface area contributed by atoms with Crippen molar-refractivity contribution < 1.29 is 24.5 Å². The highest BCUT2D eigenvalue weighted by molar-refractivity contribution is 5.76. The first-order chi connectivity index (χ1) is 34.5. The van der Waals surface area contributed by atoms with E-state index in [0.29, 0.717) is 25.9 Å². The number of ether oxygens (including phenoxy) is 1. The van der Waals surface area contributed by atoms with Gasteiger partial charge < -0.3 is 20.3 Å². The second-order valence-electron chi connectivity index (χ2n) is 21.7. The van der Waals surface area contributed by atoms with Gasteiger partial charge in [0.1, 0.15) is 0 Å². The highest BCUT2D eigenvalue weighted by Crippen LogP contribution is 2.18. The zero-order chi connectivity index (χ0) is 50.7. The van der Waals surface area contributed by atoms with Gasteiger partial charge in [0.05, 0.1) is 25.4 Å². The molecule has 2 atom stereocenters. The molecule has 3 N–H and O–H groups in total. The molecule has 2 unspecified atom stereocenters. The van der Waals surface area contributed by atoms with Crippen molar-refractivity contribution in [3.05, 3.63) is 24.3 Å². The van der Waals surface area contributed by atoms with Crippen LogP contribution in [-0.2, 0) is 14.3 Å². The van der Waals surface area contributed by atoms with Crippen LogP contribution >= 0.6 is 0 Å². The molecule has 0 aliphatic rings. The molecule has 0 radical (unpaired) electrons. The van der Waals surface area contributed by atoms with Crippen LogP contribution in [-0.4, -0.2) is 47.4 Å². The Morgan fingerprint density at radius 1 is 0.400 bits per heavy atom. The molecule has 70 heavy (non-hydrogen) atoms. The maximum Gasteiger partial charge on any atom is 0.305 e. The predicted molar refractivity (Wildman–Crippen MR) is 306 cm³/mol. The minimum Gasteiger partial charge on any atom is -0.466 e. The molecule has 0 saturated carbocycles. The number of allylic oxidation sites excluding steroid dienone is 4. The molecule has 0 rings (SSSR count). The molecule has 0 bridgehead atoms. The molecule has 0 fully saturated rings. The first kappa shape index (κ1) is 68.3. The lowest BCUT2D eigenvalue weighted by atomic mass is 10.0. The minimum absolute atomic E-state index is 0.00571. The lowest BCUT2D eigenvalue weighted by molar-refractivity contribution is -0.143. The average molecular weight is 987 g/mol. The molecule has 0 aromatic carbocycles. The van der Waals surface area contributed by atoms with Gasteiger partial charge >= 0.3 is 5.97 Å². The van der Waals surface area contributed by atoms with Crippen molar-refractivity contribution in [2.75, 3.05) is 13.2 Å². The number of carbonyl (C=O) groups excluding carboxylic acids is 2. The number of nitrogens with one attached hydrogen (secondary N) is 1. The summed E-state index contributed by atoms with van der Waals surface area (Å²) in [5, 5.41) is 23.4. The van der Waals surface area contributed by atoms with Crippen molar-refractivity contribution >= 4 is 11.9 Å². The van der Waals surface area contributed by atoms with E-state index in [2.05, 4.69) is 43.5 Å². The average Bonchev–Trinajstić information content (AvgIpc) is 3.36. The van der Waals surface area contributed by atoms with Gasteiger partial charge in [-0.15, -0.1) is 0 Å². The van der Waals surface area contributed by atoms with Crippen molar-refractivity contribution in [3.63, 3.8) is 0 Å². The smallest absolute Gasteiger partial charge is 0.305 e. The number of carbonyl (C=O) groups is 2. The van der Waals surface area contributed by atoms with Gasteiger partial charge in [0.15, 0.2) is 0 Å². The molecule has 1 amide bonds. The zero-order valence-corrected chi connectivity index (χ0v) is 47.3. The number of unbranched alkanes of at least 4 members (excludes halogenated alkanes) is 44. The Morgan fingerprint density at radius 2 is 0.714 bits per heavy atom. The molecule has 0 heterocycles. The second-order valence-corrected chi connectivity index (χ2v) is 21.7. The summed E-state index contributed by atoms with van der Waals surface area (Å²) in [5.41, 5.74) is 0. The summed E-state index contributed by atoms with van der Waals surface area (Å²) in [5.74, 6) is -0.0462. The van der Waals surface area contributed by atoms with E-state index < -0.39 is 12.1 Å². The zero-order valence-electron chi connectivity index (χ0n) is 47.3. The highest BCUT2D eigenvalue weighted by Gasteiger charge is 2.20. The summed E-state index contributed by atoms with van der Waals surface area (Å²) in [4.78, 5) is 24.6. The van der Waals surface area contributed by atoms with Gasteiger partial charge in [-0.1, -0.05) is 301 Å².